The van der Waals surface area contributed by atoms with Crippen LogP contribution in [-0.2, 0) is 16.1 Å². The van der Waals surface area contributed by atoms with Crippen LogP contribution in [0.5, 0.6) is 0 Å². The average Bonchev–Trinajstić information content (AvgIpc) is 2.81. The van der Waals surface area contributed by atoms with Crippen LogP contribution in [0.15, 0.2) is 6.33 Å². The van der Waals surface area contributed by atoms with Crippen molar-refractivity contribution in [3.05, 3.63) is 6.33 Å². The van der Waals surface area contributed by atoms with Crippen molar-refractivity contribution in [2.24, 2.45) is 0 Å². The number of hydrogen-bond donors (Lipinski definition) is 1. The standard InChI is InChI=1S/C10H16N6O2/c1-8(17)12-9-3-2-4-15(5-9)10(18)6-16-7-11-13-14-16/h7,9H,2-6H2,1H3,(H,12,17)/t9-/m1/s1. The van der Waals surface area contributed by atoms with E-state index in [1.807, 2.05) is 0 Å². The van der Waals surface area contributed by atoms with Gasteiger partial charge in [-0.05, 0) is 23.3 Å². The Kier molecular flexibility index (Phi) is 3.85. The van der Waals surface area contributed by atoms with Gasteiger partial charge in [0.1, 0.15) is 12.9 Å². The number of rotatable bonds is 3. The molecule has 1 aromatic heterocycles. The molecule has 1 fully saturated rings. The number of likely N-dealkylation sites (tertiary alicyclic amines) is 1. The number of hydrogen-bond acceptors (Lipinski definition) is 5. The summed E-state index contributed by atoms with van der Waals surface area (Å²) in [6.07, 6.45) is 3.22. The minimum atomic E-state index is -0.0604. The number of tetrazole rings is 1. The fourth-order valence-electron chi connectivity index (χ4n) is 2.10. The Labute approximate surface area is 104 Å². The molecule has 1 aliphatic rings. The summed E-state index contributed by atoms with van der Waals surface area (Å²) in [5, 5.41) is 13.5. The summed E-state index contributed by atoms with van der Waals surface area (Å²) in [6.45, 7) is 2.90. The zero-order valence-corrected chi connectivity index (χ0v) is 10.2. The highest BCUT2D eigenvalue weighted by atomic mass is 16.2. The zero-order chi connectivity index (χ0) is 13.0. The van der Waals surface area contributed by atoms with Gasteiger partial charge in [0.25, 0.3) is 0 Å². The molecular weight excluding hydrogens is 236 g/mol. The van der Waals surface area contributed by atoms with E-state index in [0.29, 0.717) is 6.54 Å². The first-order valence-electron chi connectivity index (χ1n) is 5.91. The van der Waals surface area contributed by atoms with E-state index in [0.717, 1.165) is 19.4 Å². The van der Waals surface area contributed by atoms with Crippen molar-refractivity contribution in [3.63, 3.8) is 0 Å². The lowest BCUT2D eigenvalue weighted by Gasteiger charge is -2.32. The second-order valence-corrected chi connectivity index (χ2v) is 4.39. The highest BCUT2D eigenvalue weighted by molar-refractivity contribution is 5.76. The van der Waals surface area contributed by atoms with Gasteiger partial charge in [0, 0.05) is 26.1 Å². The van der Waals surface area contributed by atoms with E-state index in [4.69, 9.17) is 0 Å². The van der Waals surface area contributed by atoms with Crippen LogP contribution in [0.2, 0.25) is 0 Å². The number of amides is 2. The van der Waals surface area contributed by atoms with Gasteiger partial charge in [-0.3, -0.25) is 9.59 Å². The van der Waals surface area contributed by atoms with Gasteiger partial charge < -0.3 is 10.2 Å². The molecule has 0 aromatic carbocycles. The number of nitrogens with one attached hydrogen (secondary N) is 1. The monoisotopic (exact) mass is 252 g/mol. The topological polar surface area (TPSA) is 93.0 Å². The SMILES string of the molecule is CC(=O)N[C@@H]1CCCN(C(=O)Cn2cnnn2)C1. The van der Waals surface area contributed by atoms with E-state index in [1.54, 1.807) is 4.90 Å². The van der Waals surface area contributed by atoms with E-state index >= 15 is 0 Å². The second kappa shape index (κ2) is 5.56. The third-order valence-electron chi connectivity index (χ3n) is 2.87. The lowest BCUT2D eigenvalue weighted by molar-refractivity contribution is -0.134. The summed E-state index contributed by atoms with van der Waals surface area (Å²) in [5.41, 5.74) is 0. The van der Waals surface area contributed by atoms with Crippen molar-refractivity contribution in [2.45, 2.75) is 32.4 Å². The van der Waals surface area contributed by atoms with Crippen LogP contribution >= 0.6 is 0 Å². The van der Waals surface area contributed by atoms with Gasteiger partial charge in [-0.15, -0.1) is 5.10 Å². The molecule has 0 bridgehead atoms. The van der Waals surface area contributed by atoms with E-state index in [9.17, 15) is 9.59 Å². The number of carbonyl (C=O) groups is 2. The third-order valence-corrected chi connectivity index (χ3v) is 2.87. The van der Waals surface area contributed by atoms with Crippen molar-refractivity contribution < 1.29 is 9.59 Å². The lowest BCUT2D eigenvalue weighted by atomic mass is 10.1. The molecular formula is C10H16N6O2. The molecule has 1 atom stereocenters. The molecule has 1 aliphatic heterocycles. The molecule has 1 saturated heterocycles. The van der Waals surface area contributed by atoms with Gasteiger partial charge in [-0.1, -0.05) is 0 Å². The van der Waals surface area contributed by atoms with Gasteiger partial charge >= 0.3 is 0 Å². The Morgan fingerprint density at radius 2 is 2.33 bits per heavy atom. The first-order chi connectivity index (χ1) is 8.65. The van der Waals surface area contributed by atoms with E-state index in [2.05, 4.69) is 20.8 Å². The van der Waals surface area contributed by atoms with E-state index in [-0.39, 0.29) is 24.4 Å². The number of aromatic nitrogens is 4. The minimum Gasteiger partial charge on any atom is -0.352 e. The summed E-state index contributed by atoms with van der Waals surface area (Å²) in [5.74, 6) is -0.0906. The molecule has 98 valence electrons. The molecule has 0 radical (unpaired) electrons. The summed E-state index contributed by atoms with van der Waals surface area (Å²) in [7, 11) is 0. The molecule has 18 heavy (non-hydrogen) atoms. The van der Waals surface area contributed by atoms with Gasteiger partial charge in [0.05, 0.1) is 0 Å². The van der Waals surface area contributed by atoms with Gasteiger partial charge in [-0.25, -0.2) is 4.68 Å². The maximum atomic E-state index is 12.0. The summed E-state index contributed by atoms with van der Waals surface area (Å²) in [4.78, 5) is 24.7. The van der Waals surface area contributed by atoms with Crippen LogP contribution in [0, 0.1) is 0 Å². The maximum Gasteiger partial charge on any atom is 0.244 e. The Morgan fingerprint density at radius 3 is 3.00 bits per heavy atom. The van der Waals surface area contributed by atoms with Crippen LogP contribution in [-0.4, -0.2) is 56.1 Å². The van der Waals surface area contributed by atoms with Crippen molar-refractivity contribution in [1.29, 1.82) is 0 Å². The normalized spacial score (nSPS) is 19.6. The van der Waals surface area contributed by atoms with Crippen LogP contribution < -0.4 is 5.32 Å². The first-order valence-corrected chi connectivity index (χ1v) is 5.91. The van der Waals surface area contributed by atoms with Crippen LogP contribution in [0.25, 0.3) is 0 Å². The minimum absolute atomic E-state index is 0.0302. The molecule has 1 N–H and O–H groups in total. The molecule has 8 nitrogen and oxygen atoms in total. The molecule has 0 saturated carbocycles. The van der Waals surface area contributed by atoms with Gasteiger partial charge in [0.2, 0.25) is 11.8 Å². The quantitative estimate of drug-likeness (QED) is 0.729. The predicted octanol–water partition coefficient (Wildman–Crippen LogP) is -1.20. The number of carbonyl (C=O) groups excluding carboxylic acids is 2. The highest BCUT2D eigenvalue weighted by Gasteiger charge is 2.24. The van der Waals surface area contributed by atoms with Crippen LogP contribution in [0.3, 0.4) is 0 Å². The summed E-state index contributed by atoms with van der Waals surface area (Å²) in [6, 6.07) is 0.0501. The number of nitrogens with zero attached hydrogens (tertiary/aromatic N) is 5. The fraction of sp³-hybridized carbons (Fsp3) is 0.700. The molecule has 0 spiro atoms. The molecule has 2 heterocycles. The molecule has 2 amide bonds. The average molecular weight is 252 g/mol. The molecule has 2 rings (SSSR count). The van der Waals surface area contributed by atoms with Crippen molar-refractivity contribution in [2.75, 3.05) is 13.1 Å². The van der Waals surface area contributed by atoms with Crippen LogP contribution in [0.4, 0.5) is 0 Å². The van der Waals surface area contributed by atoms with Crippen molar-refractivity contribution in [1.82, 2.24) is 30.4 Å². The first kappa shape index (κ1) is 12.5. The Hall–Kier alpha value is -1.99. The summed E-state index contributed by atoms with van der Waals surface area (Å²) < 4.78 is 1.39. The van der Waals surface area contributed by atoms with Gasteiger partial charge in [-0.2, -0.15) is 0 Å². The van der Waals surface area contributed by atoms with Gasteiger partial charge in [0.15, 0.2) is 0 Å². The Balaban J connectivity index is 1.88. The van der Waals surface area contributed by atoms with Crippen molar-refractivity contribution in [3.8, 4) is 0 Å². The predicted molar refractivity (Wildman–Crippen MR) is 61.2 cm³/mol. The molecule has 8 heteroatoms. The molecule has 0 aliphatic carbocycles. The molecule has 1 aromatic rings. The fourth-order valence-corrected chi connectivity index (χ4v) is 2.10. The Bertz CT molecular complexity index is 418. The third kappa shape index (κ3) is 3.25. The maximum absolute atomic E-state index is 12.0. The largest absolute Gasteiger partial charge is 0.352 e. The Morgan fingerprint density at radius 1 is 1.50 bits per heavy atom. The highest BCUT2D eigenvalue weighted by Crippen LogP contribution is 2.10. The smallest absolute Gasteiger partial charge is 0.244 e. The van der Waals surface area contributed by atoms with Crippen molar-refractivity contribution >= 4 is 11.8 Å². The number of piperidine rings is 1. The van der Waals surface area contributed by atoms with Crippen LogP contribution in [0.1, 0.15) is 19.8 Å². The van der Waals surface area contributed by atoms with E-state index in [1.165, 1.54) is 17.9 Å². The lowest BCUT2D eigenvalue weighted by Crippen LogP contribution is -2.49. The molecule has 0 unspecified atom stereocenters. The summed E-state index contributed by atoms with van der Waals surface area (Å²) >= 11 is 0. The zero-order valence-electron chi connectivity index (χ0n) is 10.2. The van der Waals surface area contributed by atoms with E-state index < -0.39 is 0 Å². The second-order valence-electron chi connectivity index (χ2n) is 4.39.